The van der Waals surface area contributed by atoms with Crippen LogP contribution in [-0.2, 0) is 9.53 Å². The Balaban J connectivity index is 1.98. The van der Waals surface area contributed by atoms with Crippen LogP contribution in [0, 0.1) is 5.41 Å². The Morgan fingerprint density at radius 3 is 2.93 bits per heavy atom. The van der Waals surface area contributed by atoms with Crippen molar-refractivity contribution in [3.8, 4) is 0 Å². The van der Waals surface area contributed by atoms with Gasteiger partial charge in [0.05, 0.1) is 6.61 Å². The Morgan fingerprint density at radius 2 is 2.47 bits per heavy atom. The second kappa shape index (κ2) is 4.06. The molecule has 2 fully saturated rings. The highest BCUT2D eigenvalue weighted by Crippen LogP contribution is 2.31. The zero-order valence-corrected chi connectivity index (χ0v) is 8.62. The van der Waals surface area contributed by atoms with Crippen molar-refractivity contribution >= 4 is 5.97 Å². The molecule has 2 atom stereocenters. The summed E-state index contributed by atoms with van der Waals surface area (Å²) < 4.78 is 18.1. The van der Waals surface area contributed by atoms with Crippen molar-refractivity contribution in [1.29, 1.82) is 0 Å². The molecule has 5 heteroatoms. The third kappa shape index (κ3) is 2.13. The van der Waals surface area contributed by atoms with Crippen LogP contribution in [-0.4, -0.2) is 55.0 Å². The number of alkyl halides is 1. The van der Waals surface area contributed by atoms with Crippen molar-refractivity contribution in [1.82, 2.24) is 4.90 Å². The van der Waals surface area contributed by atoms with Gasteiger partial charge >= 0.3 is 5.97 Å². The molecule has 0 aromatic rings. The molecular weight excluding hydrogens is 201 g/mol. The number of likely N-dealkylation sites (tertiary alicyclic amines) is 1. The minimum absolute atomic E-state index is 0.260. The fourth-order valence-corrected chi connectivity index (χ4v) is 2.33. The summed E-state index contributed by atoms with van der Waals surface area (Å²) >= 11 is 0. The van der Waals surface area contributed by atoms with Crippen LogP contribution >= 0.6 is 0 Å². The molecular formula is C10H16FNO3. The lowest BCUT2D eigenvalue weighted by molar-refractivity contribution is -0.150. The molecule has 2 rings (SSSR count). The van der Waals surface area contributed by atoms with Gasteiger partial charge in [0.1, 0.15) is 11.6 Å². The van der Waals surface area contributed by atoms with E-state index in [0.717, 1.165) is 0 Å². The van der Waals surface area contributed by atoms with Gasteiger partial charge in [-0.1, -0.05) is 0 Å². The number of nitrogens with zero attached hydrogens (tertiary/aromatic N) is 1. The van der Waals surface area contributed by atoms with Crippen molar-refractivity contribution in [2.45, 2.75) is 19.0 Å². The highest BCUT2D eigenvalue weighted by molar-refractivity contribution is 5.75. The lowest BCUT2D eigenvalue weighted by atomic mass is 9.87. The summed E-state index contributed by atoms with van der Waals surface area (Å²) in [6, 6.07) is 0. The van der Waals surface area contributed by atoms with Crippen LogP contribution in [0.3, 0.4) is 0 Å². The minimum Gasteiger partial charge on any atom is -0.481 e. The van der Waals surface area contributed by atoms with Crippen LogP contribution in [0.5, 0.6) is 0 Å². The van der Waals surface area contributed by atoms with Crippen molar-refractivity contribution in [3.05, 3.63) is 0 Å². The average Bonchev–Trinajstić information content (AvgIpc) is 2.77. The third-order valence-corrected chi connectivity index (χ3v) is 3.30. The fraction of sp³-hybridized carbons (Fsp3) is 0.900. The van der Waals surface area contributed by atoms with Gasteiger partial charge in [0, 0.05) is 26.2 Å². The van der Waals surface area contributed by atoms with Gasteiger partial charge in [0.2, 0.25) is 0 Å². The summed E-state index contributed by atoms with van der Waals surface area (Å²) in [5.74, 6) is -0.817. The maximum absolute atomic E-state index is 13.0. The summed E-state index contributed by atoms with van der Waals surface area (Å²) in [4.78, 5) is 13.1. The normalized spacial score (nSPS) is 37.3. The van der Waals surface area contributed by atoms with Crippen molar-refractivity contribution < 1.29 is 19.0 Å². The first kappa shape index (κ1) is 10.8. The number of aliphatic carboxylic acids is 1. The first-order valence-corrected chi connectivity index (χ1v) is 5.30. The number of halogens is 1. The van der Waals surface area contributed by atoms with Crippen LogP contribution < -0.4 is 0 Å². The van der Waals surface area contributed by atoms with Gasteiger partial charge in [0.25, 0.3) is 0 Å². The van der Waals surface area contributed by atoms with E-state index in [0.29, 0.717) is 39.1 Å². The first-order valence-electron chi connectivity index (χ1n) is 5.30. The first-order chi connectivity index (χ1) is 7.12. The number of ether oxygens (including phenoxy) is 1. The van der Waals surface area contributed by atoms with E-state index in [-0.39, 0.29) is 6.61 Å². The Hall–Kier alpha value is -0.680. The van der Waals surface area contributed by atoms with Crippen LogP contribution in [0.2, 0.25) is 0 Å². The smallest absolute Gasteiger partial charge is 0.313 e. The molecule has 2 heterocycles. The Kier molecular flexibility index (Phi) is 2.93. The quantitative estimate of drug-likeness (QED) is 0.748. The van der Waals surface area contributed by atoms with Gasteiger partial charge < -0.3 is 9.84 Å². The van der Waals surface area contributed by atoms with Gasteiger partial charge in [-0.05, 0) is 12.8 Å². The van der Waals surface area contributed by atoms with Crippen molar-refractivity contribution in [2.75, 3.05) is 32.8 Å². The van der Waals surface area contributed by atoms with Crippen LogP contribution in [0.1, 0.15) is 12.8 Å². The van der Waals surface area contributed by atoms with Gasteiger partial charge in [-0.25, -0.2) is 4.39 Å². The van der Waals surface area contributed by atoms with Gasteiger partial charge in [-0.15, -0.1) is 0 Å². The molecule has 2 saturated heterocycles. The number of rotatable bonds is 3. The predicted octanol–water partition coefficient (Wildman–Crippen LogP) is 0.521. The summed E-state index contributed by atoms with van der Waals surface area (Å²) in [7, 11) is 0. The second-order valence-electron chi connectivity index (χ2n) is 4.51. The van der Waals surface area contributed by atoms with E-state index in [9.17, 15) is 14.3 Å². The van der Waals surface area contributed by atoms with E-state index in [1.54, 1.807) is 0 Å². The molecule has 0 radical (unpaired) electrons. The molecule has 0 aliphatic carbocycles. The molecule has 1 N–H and O–H groups in total. The number of carboxylic acid groups (broad SMARTS) is 1. The SMILES string of the molecule is O=C(O)C1(CN2CCC(F)C2)CCOC1. The Morgan fingerprint density at radius 1 is 1.67 bits per heavy atom. The molecule has 15 heavy (non-hydrogen) atoms. The van der Waals surface area contributed by atoms with Gasteiger partial charge in [-0.3, -0.25) is 9.69 Å². The largest absolute Gasteiger partial charge is 0.481 e. The second-order valence-corrected chi connectivity index (χ2v) is 4.51. The average molecular weight is 217 g/mol. The van der Waals surface area contributed by atoms with E-state index < -0.39 is 17.6 Å². The van der Waals surface area contributed by atoms with Gasteiger partial charge in [-0.2, -0.15) is 0 Å². The van der Waals surface area contributed by atoms with Crippen LogP contribution in [0.15, 0.2) is 0 Å². The number of hydrogen-bond donors (Lipinski definition) is 1. The molecule has 0 aromatic carbocycles. The zero-order chi connectivity index (χ0) is 10.9. The van der Waals surface area contributed by atoms with E-state index in [4.69, 9.17) is 4.74 Å². The van der Waals surface area contributed by atoms with E-state index in [1.807, 2.05) is 4.90 Å². The number of carbonyl (C=O) groups is 1. The molecule has 0 amide bonds. The number of hydrogen-bond acceptors (Lipinski definition) is 3. The molecule has 4 nitrogen and oxygen atoms in total. The van der Waals surface area contributed by atoms with Crippen molar-refractivity contribution in [3.63, 3.8) is 0 Å². The highest BCUT2D eigenvalue weighted by atomic mass is 19.1. The summed E-state index contributed by atoms with van der Waals surface area (Å²) in [6.45, 7) is 2.21. The Bertz CT molecular complexity index is 253. The number of carboxylic acids is 1. The Labute approximate surface area is 88.0 Å². The zero-order valence-electron chi connectivity index (χ0n) is 8.62. The lowest BCUT2D eigenvalue weighted by Crippen LogP contribution is -2.43. The molecule has 2 aliphatic rings. The van der Waals surface area contributed by atoms with Gasteiger partial charge in [0.15, 0.2) is 0 Å². The van der Waals surface area contributed by atoms with E-state index >= 15 is 0 Å². The van der Waals surface area contributed by atoms with Crippen LogP contribution in [0.4, 0.5) is 4.39 Å². The highest BCUT2D eigenvalue weighted by Gasteiger charge is 2.44. The molecule has 86 valence electrons. The monoisotopic (exact) mass is 217 g/mol. The van der Waals surface area contributed by atoms with E-state index in [2.05, 4.69) is 0 Å². The maximum atomic E-state index is 13.0. The summed E-state index contributed by atoms with van der Waals surface area (Å²) in [6.07, 6.45) is 0.268. The van der Waals surface area contributed by atoms with Crippen LogP contribution in [0.25, 0.3) is 0 Å². The summed E-state index contributed by atoms with van der Waals surface area (Å²) in [5.41, 5.74) is -0.802. The molecule has 0 bridgehead atoms. The predicted molar refractivity (Wildman–Crippen MR) is 51.5 cm³/mol. The third-order valence-electron chi connectivity index (χ3n) is 3.30. The topological polar surface area (TPSA) is 49.8 Å². The minimum atomic E-state index is -0.817. The lowest BCUT2D eigenvalue weighted by Gasteiger charge is -2.27. The molecule has 0 saturated carbocycles. The molecule has 0 aromatic heterocycles. The fourth-order valence-electron chi connectivity index (χ4n) is 2.33. The standard InChI is InChI=1S/C10H16FNO3/c11-8-1-3-12(5-8)6-10(9(13)14)2-4-15-7-10/h8H,1-7H2,(H,13,14). The van der Waals surface area contributed by atoms with E-state index in [1.165, 1.54) is 0 Å². The molecule has 2 aliphatic heterocycles. The summed E-state index contributed by atoms with van der Waals surface area (Å²) in [5, 5.41) is 9.19. The molecule has 0 spiro atoms. The van der Waals surface area contributed by atoms with Crippen molar-refractivity contribution in [2.24, 2.45) is 5.41 Å². The molecule has 2 unspecified atom stereocenters. The maximum Gasteiger partial charge on any atom is 0.313 e.